The Hall–Kier alpha value is -0.370. The third-order valence-electron chi connectivity index (χ3n) is 4.50. The average Bonchev–Trinajstić information content (AvgIpc) is 2.46. The molecule has 0 N–H and O–H groups in total. The molecule has 0 amide bonds. The highest BCUT2D eigenvalue weighted by molar-refractivity contribution is 5.81. The summed E-state index contributed by atoms with van der Waals surface area (Å²) in [7, 11) is 0. The molecule has 1 spiro atoms. The Morgan fingerprint density at radius 3 is 2.40 bits per heavy atom. The van der Waals surface area contributed by atoms with Crippen molar-refractivity contribution in [1.82, 2.24) is 4.90 Å². The van der Waals surface area contributed by atoms with E-state index < -0.39 is 0 Å². The van der Waals surface area contributed by atoms with Crippen molar-refractivity contribution in [3.05, 3.63) is 0 Å². The number of likely N-dealkylation sites (tertiary alicyclic amines) is 1. The molecule has 15 heavy (non-hydrogen) atoms. The highest BCUT2D eigenvalue weighted by Crippen LogP contribution is 2.48. The van der Waals surface area contributed by atoms with Crippen molar-refractivity contribution in [1.29, 1.82) is 0 Å². The molecule has 2 rings (SSSR count). The van der Waals surface area contributed by atoms with Gasteiger partial charge in [-0.05, 0) is 38.1 Å². The van der Waals surface area contributed by atoms with Gasteiger partial charge in [0.05, 0.1) is 0 Å². The molecule has 1 aliphatic heterocycles. The third kappa shape index (κ3) is 2.10. The molecule has 1 saturated carbocycles. The SMILES string of the molecule is CC(=O)C(C)(C)CN1CCC2(CCC2)C1. The van der Waals surface area contributed by atoms with Crippen molar-refractivity contribution in [2.24, 2.45) is 10.8 Å². The molecule has 2 nitrogen and oxygen atoms in total. The molecule has 86 valence electrons. The van der Waals surface area contributed by atoms with E-state index in [0.29, 0.717) is 11.2 Å². The molecule has 1 aliphatic carbocycles. The average molecular weight is 209 g/mol. The third-order valence-corrected chi connectivity index (χ3v) is 4.50. The zero-order valence-corrected chi connectivity index (χ0v) is 10.3. The Labute approximate surface area is 93.0 Å². The van der Waals surface area contributed by atoms with Gasteiger partial charge in [-0.1, -0.05) is 20.3 Å². The fourth-order valence-electron chi connectivity index (χ4n) is 2.92. The number of hydrogen-bond donors (Lipinski definition) is 0. The van der Waals surface area contributed by atoms with Gasteiger partial charge in [0.15, 0.2) is 0 Å². The van der Waals surface area contributed by atoms with Crippen LogP contribution in [0.15, 0.2) is 0 Å². The second kappa shape index (κ2) is 3.58. The van der Waals surface area contributed by atoms with Crippen LogP contribution in [0.25, 0.3) is 0 Å². The van der Waals surface area contributed by atoms with Crippen molar-refractivity contribution in [2.45, 2.75) is 46.5 Å². The molecule has 1 saturated heterocycles. The van der Waals surface area contributed by atoms with Gasteiger partial charge in [-0.15, -0.1) is 0 Å². The molecule has 0 atom stereocenters. The van der Waals surface area contributed by atoms with Crippen LogP contribution in [0.5, 0.6) is 0 Å². The van der Waals surface area contributed by atoms with Gasteiger partial charge in [-0.3, -0.25) is 4.79 Å². The quantitative estimate of drug-likeness (QED) is 0.711. The van der Waals surface area contributed by atoms with Gasteiger partial charge in [0.25, 0.3) is 0 Å². The van der Waals surface area contributed by atoms with Gasteiger partial charge in [0.2, 0.25) is 0 Å². The topological polar surface area (TPSA) is 20.3 Å². The lowest BCUT2D eigenvalue weighted by Crippen LogP contribution is -2.39. The zero-order chi connectivity index (χ0) is 11.1. The van der Waals surface area contributed by atoms with Crippen LogP contribution in [0, 0.1) is 10.8 Å². The van der Waals surface area contributed by atoms with Crippen molar-refractivity contribution in [3.63, 3.8) is 0 Å². The minimum absolute atomic E-state index is 0.157. The molecule has 0 bridgehead atoms. The molecule has 0 radical (unpaired) electrons. The first-order valence-electron chi connectivity index (χ1n) is 6.17. The number of rotatable bonds is 3. The maximum Gasteiger partial charge on any atom is 0.136 e. The standard InChI is InChI=1S/C13H23NO/c1-11(15)12(2,3)9-14-8-7-13(10-14)5-4-6-13/h4-10H2,1-3H3. The highest BCUT2D eigenvalue weighted by Gasteiger charge is 2.43. The molecule has 0 aromatic heterocycles. The number of nitrogens with zero attached hydrogens (tertiary/aromatic N) is 1. The van der Waals surface area contributed by atoms with Gasteiger partial charge >= 0.3 is 0 Å². The summed E-state index contributed by atoms with van der Waals surface area (Å²) < 4.78 is 0. The molecular weight excluding hydrogens is 186 g/mol. The first kappa shape index (κ1) is 11.1. The van der Waals surface area contributed by atoms with Gasteiger partial charge in [0.1, 0.15) is 5.78 Å². The normalized spacial score (nSPS) is 25.5. The second-order valence-electron chi connectivity index (χ2n) is 6.25. The lowest BCUT2D eigenvalue weighted by molar-refractivity contribution is -0.125. The van der Waals surface area contributed by atoms with Crippen LogP contribution >= 0.6 is 0 Å². The summed E-state index contributed by atoms with van der Waals surface area (Å²) in [6.45, 7) is 9.25. The molecule has 0 aromatic rings. The van der Waals surface area contributed by atoms with E-state index in [0.717, 1.165) is 6.54 Å². The Kier molecular flexibility index (Phi) is 2.66. The van der Waals surface area contributed by atoms with Crippen LogP contribution in [-0.2, 0) is 4.79 Å². The van der Waals surface area contributed by atoms with Gasteiger partial charge < -0.3 is 4.90 Å². The van der Waals surface area contributed by atoms with E-state index in [1.165, 1.54) is 38.8 Å². The zero-order valence-electron chi connectivity index (χ0n) is 10.3. The smallest absolute Gasteiger partial charge is 0.136 e. The molecule has 2 heteroatoms. The summed E-state index contributed by atoms with van der Waals surface area (Å²) in [5.41, 5.74) is 0.502. The van der Waals surface area contributed by atoms with E-state index in [1.807, 2.05) is 0 Å². The molecule has 0 aromatic carbocycles. The molecular formula is C13H23NO. The fraction of sp³-hybridized carbons (Fsp3) is 0.923. The number of Topliss-reactive ketones (excluding diaryl/α,β-unsaturated/α-hetero) is 1. The molecule has 1 heterocycles. The van der Waals surface area contributed by atoms with E-state index in [-0.39, 0.29) is 5.41 Å². The molecule has 2 fully saturated rings. The highest BCUT2D eigenvalue weighted by atomic mass is 16.1. The Balaban J connectivity index is 1.89. The Morgan fingerprint density at radius 1 is 1.33 bits per heavy atom. The minimum Gasteiger partial charge on any atom is -0.302 e. The summed E-state index contributed by atoms with van der Waals surface area (Å²) in [6.07, 6.45) is 5.62. The summed E-state index contributed by atoms with van der Waals surface area (Å²) in [5, 5.41) is 0. The number of ketones is 1. The van der Waals surface area contributed by atoms with E-state index in [9.17, 15) is 4.79 Å². The largest absolute Gasteiger partial charge is 0.302 e. The Bertz CT molecular complexity index is 266. The van der Waals surface area contributed by atoms with Crippen molar-refractivity contribution in [3.8, 4) is 0 Å². The summed E-state index contributed by atoms with van der Waals surface area (Å²) in [6, 6.07) is 0. The van der Waals surface area contributed by atoms with Crippen LogP contribution in [0.1, 0.15) is 46.5 Å². The maximum absolute atomic E-state index is 11.5. The van der Waals surface area contributed by atoms with Crippen LogP contribution < -0.4 is 0 Å². The van der Waals surface area contributed by atoms with Crippen molar-refractivity contribution in [2.75, 3.05) is 19.6 Å². The molecule has 0 unspecified atom stereocenters. The first-order chi connectivity index (χ1) is 6.94. The van der Waals surface area contributed by atoms with E-state index >= 15 is 0 Å². The minimum atomic E-state index is -0.157. The van der Waals surface area contributed by atoms with E-state index in [1.54, 1.807) is 6.92 Å². The van der Waals surface area contributed by atoms with Crippen LogP contribution in [-0.4, -0.2) is 30.3 Å². The number of carbonyl (C=O) groups excluding carboxylic acids is 1. The van der Waals surface area contributed by atoms with Crippen molar-refractivity contribution >= 4 is 5.78 Å². The number of hydrogen-bond acceptors (Lipinski definition) is 2. The van der Waals surface area contributed by atoms with E-state index in [2.05, 4.69) is 18.7 Å². The van der Waals surface area contributed by atoms with E-state index in [4.69, 9.17) is 0 Å². The predicted octanol–water partition coefficient (Wildman–Crippen LogP) is 2.48. The fourth-order valence-corrected chi connectivity index (χ4v) is 2.92. The summed E-state index contributed by atoms with van der Waals surface area (Å²) >= 11 is 0. The summed E-state index contributed by atoms with van der Waals surface area (Å²) in [4.78, 5) is 14.0. The predicted molar refractivity (Wildman–Crippen MR) is 61.8 cm³/mol. The summed E-state index contributed by atoms with van der Waals surface area (Å²) in [5.74, 6) is 0.317. The van der Waals surface area contributed by atoms with Gasteiger partial charge in [0, 0.05) is 18.5 Å². The lowest BCUT2D eigenvalue weighted by atomic mass is 9.68. The second-order valence-corrected chi connectivity index (χ2v) is 6.25. The van der Waals surface area contributed by atoms with Crippen LogP contribution in [0.4, 0.5) is 0 Å². The molecule has 2 aliphatic rings. The monoisotopic (exact) mass is 209 g/mol. The van der Waals surface area contributed by atoms with Crippen LogP contribution in [0.3, 0.4) is 0 Å². The van der Waals surface area contributed by atoms with Gasteiger partial charge in [-0.25, -0.2) is 0 Å². The maximum atomic E-state index is 11.5. The van der Waals surface area contributed by atoms with Crippen LogP contribution in [0.2, 0.25) is 0 Å². The lowest BCUT2D eigenvalue weighted by Gasteiger charge is -2.39. The first-order valence-corrected chi connectivity index (χ1v) is 6.17. The Morgan fingerprint density at radius 2 is 2.00 bits per heavy atom. The number of carbonyl (C=O) groups is 1. The van der Waals surface area contributed by atoms with Crippen molar-refractivity contribution < 1.29 is 4.79 Å². The van der Waals surface area contributed by atoms with Gasteiger partial charge in [-0.2, -0.15) is 0 Å².